The predicted octanol–water partition coefficient (Wildman–Crippen LogP) is 3.55. The molecular formula is C28H35ClN4O6S. The molecule has 0 unspecified atom stereocenters. The van der Waals surface area contributed by atoms with Crippen LogP contribution in [0.3, 0.4) is 0 Å². The average molecular weight is 591 g/mol. The Bertz CT molecular complexity index is 1300. The lowest BCUT2D eigenvalue weighted by atomic mass is 10.0. The number of amides is 3. The van der Waals surface area contributed by atoms with Crippen molar-refractivity contribution in [2.24, 2.45) is 0 Å². The van der Waals surface area contributed by atoms with E-state index in [1.165, 1.54) is 28.6 Å². The largest absolute Gasteiger partial charge is 0.450 e. The zero-order valence-electron chi connectivity index (χ0n) is 22.5. The highest BCUT2D eigenvalue weighted by Gasteiger charge is 2.36. The van der Waals surface area contributed by atoms with Gasteiger partial charge in [0, 0.05) is 42.8 Å². The number of ether oxygens (including phenoxy) is 1. The Balaban J connectivity index is 1.46. The molecule has 0 aromatic heterocycles. The van der Waals surface area contributed by atoms with Crippen molar-refractivity contribution in [3.63, 3.8) is 0 Å². The third-order valence-corrected chi connectivity index (χ3v) is 9.31. The first-order chi connectivity index (χ1) is 19.2. The Labute approximate surface area is 240 Å². The second-order valence-electron chi connectivity index (χ2n) is 9.94. The van der Waals surface area contributed by atoms with Gasteiger partial charge >= 0.3 is 6.09 Å². The van der Waals surface area contributed by atoms with Crippen molar-refractivity contribution in [3.8, 4) is 0 Å². The van der Waals surface area contributed by atoms with E-state index in [0.717, 1.165) is 6.42 Å². The van der Waals surface area contributed by atoms with Crippen LogP contribution in [0.25, 0.3) is 0 Å². The Kier molecular flexibility index (Phi) is 10.0. The van der Waals surface area contributed by atoms with Crippen molar-refractivity contribution in [1.82, 2.24) is 19.8 Å². The van der Waals surface area contributed by atoms with Gasteiger partial charge in [0.05, 0.1) is 11.5 Å². The van der Waals surface area contributed by atoms with E-state index >= 15 is 0 Å². The number of carbonyl (C=O) groups is 3. The summed E-state index contributed by atoms with van der Waals surface area (Å²) in [6.07, 6.45) is 2.83. The van der Waals surface area contributed by atoms with E-state index in [1.54, 1.807) is 36.1 Å². The summed E-state index contributed by atoms with van der Waals surface area (Å²) in [5.74, 6) is -0.560. The van der Waals surface area contributed by atoms with Gasteiger partial charge < -0.3 is 20.3 Å². The molecule has 0 bridgehead atoms. The van der Waals surface area contributed by atoms with Crippen molar-refractivity contribution in [3.05, 3.63) is 64.7 Å². The number of nitrogens with zero attached hydrogens (tertiary/aromatic N) is 2. The van der Waals surface area contributed by atoms with Gasteiger partial charge in [-0.2, -0.15) is 4.31 Å². The van der Waals surface area contributed by atoms with E-state index in [1.807, 2.05) is 0 Å². The summed E-state index contributed by atoms with van der Waals surface area (Å²) in [5, 5.41) is 6.25. The fourth-order valence-corrected chi connectivity index (χ4v) is 6.67. The first-order valence-corrected chi connectivity index (χ1v) is 15.4. The lowest BCUT2D eigenvalue weighted by Crippen LogP contribution is -2.48. The highest BCUT2D eigenvalue weighted by molar-refractivity contribution is 7.89. The van der Waals surface area contributed by atoms with E-state index < -0.39 is 16.1 Å². The van der Waals surface area contributed by atoms with Crippen LogP contribution in [0.2, 0.25) is 5.02 Å². The maximum atomic E-state index is 13.7. The fraction of sp³-hybridized carbons (Fsp3) is 0.464. The van der Waals surface area contributed by atoms with E-state index in [9.17, 15) is 22.8 Å². The van der Waals surface area contributed by atoms with Crippen molar-refractivity contribution in [2.45, 2.75) is 62.6 Å². The molecule has 0 saturated carbocycles. The molecule has 12 heteroatoms. The van der Waals surface area contributed by atoms with Gasteiger partial charge in [-0.1, -0.05) is 23.7 Å². The molecule has 2 heterocycles. The van der Waals surface area contributed by atoms with Gasteiger partial charge in [-0.15, -0.1) is 0 Å². The molecule has 2 fully saturated rings. The number of nitrogens with one attached hydrogen (secondary N) is 2. The van der Waals surface area contributed by atoms with Gasteiger partial charge in [-0.05, 0) is 81.0 Å². The average Bonchev–Trinajstić information content (AvgIpc) is 3.16. The summed E-state index contributed by atoms with van der Waals surface area (Å²) in [5.41, 5.74) is 1.09. The molecule has 1 atom stereocenters. The van der Waals surface area contributed by atoms with Crippen molar-refractivity contribution >= 4 is 39.5 Å². The van der Waals surface area contributed by atoms with Gasteiger partial charge in [-0.25, -0.2) is 13.2 Å². The molecule has 2 aliphatic heterocycles. The quantitative estimate of drug-likeness (QED) is 0.484. The number of hydrogen-bond donors (Lipinski definition) is 2. The van der Waals surface area contributed by atoms with E-state index in [4.69, 9.17) is 16.3 Å². The third-order valence-electron chi connectivity index (χ3n) is 7.18. The molecular weight excluding hydrogens is 556 g/mol. The SMILES string of the molecule is CCOC(=O)N1CCC(NC(=O)c2ccc(CN([C@@H]3CCCCNC3=O)S(=O)(=O)c3ccc(Cl)cc3)cc2)CC1. The van der Waals surface area contributed by atoms with Crippen LogP contribution in [0.4, 0.5) is 4.79 Å². The molecule has 0 aliphatic carbocycles. The van der Waals surface area contributed by atoms with Crippen molar-refractivity contribution in [2.75, 3.05) is 26.2 Å². The first-order valence-electron chi connectivity index (χ1n) is 13.6. The topological polar surface area (TPSA) is 125 Å². The smallest absolute Gasteiger partial charge is 0.409 e. The molecule has 40 heavy (non-hydrogen) atoms. The minimum atomic E-state index is -4.03. The summed E-state index contributed by atoms with van der Waals surface area (Å²) < 4.78 is 33.7. The van der Waals surface area contributed by atoms with Crippen LogP contribution in [0.5, 0.6) is 0 Å². The maximum absolute atomic E-state index is 13.7. The predicted molar refractivity (Wildman–Crippen MR) is 150 cm³/mol. The molecule has 2 aliphatic rings. The summed E-state index contributed by atoms with van der Waals surface area (Å²) in [7, 11) is -4.03. The Morgan fingerprint density at radius 3 is 2.38 bits per heavy atom. The molecule has 0 spiro atoms. The summed E-state index contributed by atoms with van der Waals surface area (Å²) >= 11 is 5.97. The van der Waals surface area contributed by atoms with E-state index in [-0.39, 0.29) is 35.4 Å². The normalized spacial score (nSPS) is 18.6. The highest BCUT2D eigenvalue weighted by atomic mass is 35.5. The zero-order valence-corrected chi connectivity index (χ0v) is 24.0. The highest BCUT2D eigenvalue weighted by Crippen LogP contribution is 2.26. The zero-order chi connectivity index (χ0) is 28.7. The van der Waals surface area contributed by atoms with E-state index in [2.05, 4.69) is 10.6 Å². The van der Waals surface area contributed by atoms with Crippen molar-refractivity contribution in [1.29, 1.82) is 0 Å². The van der Waals surface area contributed by atoms with Gasteiger partial charge in [-0.3, -0.25) is 9.59 Å². The molecule has 2 aromatic carbocycles. The van der Waals surface area contributed by atoms with E-state index in [0.29, 0.717) is 68.1 Å². The third kappa shape index (κ3) is 7.32. The summed E-state index contributed by atoms with van der Waals surface area (Å²) in [4.78, 5) is 39.3. The molecule has 2 N–H and O–H groups in total. The van der Waals surface area contributed by atoms with Crippen LogP contribution in [0.1, 0.15) is 54.9 Å². The Morgan fingerprint density at radius 2 is 1.73 bits per heavy atom. The van der Waals surface area contributed by atoms with Gasteiger partial charge in [0.25, 0.3) is 5.91 Å². The molecule has 3 amide bonds. The van der Waals surface area contributed by atoms with Crippen LogP contribution < -0.4 is 10.6 Å². The lowest BCUT2D eigenvalue weighted by Gasteiger charge is -2.31. The van der Waals surface area contributed by atoms with Crippen LogP contribution in [0, 0.1) is 0 Å². The van der Waals surface area contributed by atoms with Crippen LogP contribution in [-0.4, -0.2) is 73.9 Å². The summed E-state index contributed by atoms with van der Waals surface area (Å²) in [6, 6.07) is 11.7. The van der Waals surface area contributed by atoms with Crippen LogP contribution in [0.15, 0.2) is 53.4 Å². The fourth-order valence-electron chi connectivity index (χ4n) is 4.93. The number of sulfonamides is 1. The van der Waals surface area contributed by atoms with Gasteiger partial charge in [0.2, 0.25) is 15.9 Å². The minimum Gasteiger partial charge on any atom is -0.450 e. The Hall–Kier alpha value is -3.15. The minimum absolute atomic E-state index is 0.0305. The van der Waals surface area contributed by atoms with Crippen LogP contribution >= 0.6 is 11.6 Å². The molecule has 4 rings (SSSR count). The number of halogens is 1. The maximum Gasteiger partial charge on any atom is 0.409 e. The number of benzene rings is 2. The molecule has 0 radical (unpaired) electrons. The number of carbonyl (C=O) groups excluding carboxylic acids is 3. The number of rotatable bonds is 8. The molecule has 216 valence electrons. The Morgan fingerprint density at radius 1 is 1.05 bits per heavy atom. The first kappa shape index (κ1) is 29.8. The lowest BCUT2D eigenvalue weighted by molar-refractivity contribution is -0.124. The van der Waals surface area contributed by atoms with Gasteiger partial charge in [0.1, 0.15) is 6.04 Å². The second-order valence-corrected chi connectivity index (χ2v) is 12.3. The van der Waals surface area contributed by atoms with Crippen molar-refractivity contribution < 1.29 is 27.5 Å². The monoisotopic (exact) mass is 590 g/mol. The molecule has 2 saturated heterocycles. The summed E-state index contributed by atoms with van der Waals surface area (Å²) in [6.45, 7) is 3.59. The number of likely N-dealkylation sites (tertiary alicyclic amines) is 1. The standard InChI is InChI=1S/C28H35ClN4O6S/c1-2-39-28(36)32-17-14-23(15-18-32)31-26(34)21-8-6-20(7-9-21)19-33(25-5-3-4-16-30-27(25)35)40(37,38)24-12-10-22(29)11-13-24/h6-13,23,25H,2-5,14-19H2,1H3,(H,30,35)(H,31,34)/t25-/m1/s1. The number of piperidine rings is 1. The molecule has 2 aromatic rings. The molecule has 10 nitrogen and oxygen atoms in total. The second kappa shape index (κ2) is 13.5. The van der Waals surface area contributed by atoms with Gasteiger partial charge in [0.15, 0.2) is 0 Å². The number of hydrogen-bond acceptors (Lipinski definition) is 6. The van der Waals surface area contributed by atoms with Crippen LogP contribution in [-0.2, 0) is 26.1 Å².